The third-order valence-corrected chi connectivity index (χ3v) is 3.90. The lowest BCUT2D eigenvalue weighted by atomic mass is 10.1. The Morgan fingerprint density at radius 3 is 2.88 bits per heavy atom. The number of para-hydroxylation sites is 1. The van der Waals surface area contributed by atoms with Crippen LogP contribution in [0.15, 0.2) is 48.5 Å². The van der Waals surface area contributed by atoms with Crippen LogP contribution in [0.5, 0.6) is 11.5 Å². The van der Waals surface area contributed by atoms with Crippen LogP contribution >= 0.6 is 0 Å². The Morgan fingerprint density at radius 1 is 1.17 bits per heavy atom. The van der Waals surface area contributed by atoms with Crippen LogP contribution < -0.4 is 14.8 Å². The van der Waals surface area contributed by atoms with E-state index in [0.717, 1.165) is 36.3 Å². The van der Waals surface area contributed by atoms with Gasteiger partial charge in [-0.2, -0.15) is 0 Å². The minimum absolute atomic E-state index is 0.142. The van der Waals surface area contributed by atoms with Crippen LogP contribution in [0.3, 0.4) is 0 Å². The van der Waals surface area contributed by atoms with E-state index in [4.69, 9.17) is 9.47 Å². The Hall–Kier alpha value is -2.75. The normalized spacial score (nSPS) is 12.5. The van der Waals surface area contributed by atoms with E-state index in [-0.39, 0.29) is 12.7 Å². The molecule has 2 aromatic carbocycles. The zero-order valence-corrected chi connectivity index (χ0v) is 13.7. The van der Waals surface area contributed by atoms with Crippen LogP contribution in [0, 0.1) is 0 Å². The number of nitrogens with one attached hydrogen (secondary N) is 1. The van der Waals surface area contributed by atoms with E-state index in [1.165, 1.54) is 11.6 Å². The first-order chi connectivity index (χ1) is 11.8. The van der Waals surface area contributed by atoms with Crippen molar-refractivity contribution in [2.75, 3.05) is 12.1 Å². The van der Waals surface area contributed by atoms with Gasteiger partial charge in [0.25, 0.3) is 0 Å². The lowest BCUT2D eigenvalue weighted by Crippen LogP contribution is -2.09. The number of rotatable bonds is 6. The first-order valence-electron chi connectivity index (χ1n) is 8.23. The molecule has 1 N–H and O–H groups in total. The molecule has 0 atom stereocenters. The van der Waals surface area contributed by atoms with Gasteiger partial charge in [0.1, 0.15) is 0 Å². The highest BCUT2D eigenvalue weighted by Crippen LogP contribution is 2.32. The van der Waals surface area contributed by atoms with Crippen LogP contribution in [0.4, 0.5) is 5.69 Å². The highest BCUT2D eigenvalue weighted by molar-refractivity contribution is 6.02. The van der Waals surface area contributed by atoms with E-state index in [1.54, 1.807) is 6.08 Å². The Morgan fingerprint density at radius 2 is 2.00 bits per heavy atom. The second kappa shape index (κ2) is 7.68. The van der Waals surface area contributed by atoms with Crippen LogP contribution in [-0.2, 0) is 11.2 Å². The maximum absolute atomic E-state index is 12.2. The molecule has 0 fully saturated rings. The van der Waals surface area contributed by atoms with Gasteiger partial charge in [0, 0.05) is 11.8 Å². The monoisotopic (exact) mass is 323 g/mol. The molecule has 4 heteroatoms. The molecule has 0 spiro atoms. The van der Waals surface area contributed by atoms with Crippen molar-refractivity contribution in [1.29, 1.82) is 0 Å². The predicted octanol–water partition coefficient (Wildman–Crippen LogP) is 4.41. The molecule has 2 aromatic rings. The van der Waals surface area contributed by atoms with Crippen LogP contribution in [0.2, 0.25) is 0 Å². The smallest absolute Gasteiger partial charge is 0.248 e. The van der Waals surface area contributed by atoms with Crippen molar-refractivity contribution in [2.24, 2.45) is 0 Å². The number of hydrogen-bond acceptors (Lipinski definition) is 3. The third-order valence-electron chi connectivity index (χ3n) is 3.90. The van der Waals surface area contributed by atoms with Crippen molar-refractivity contribution in [3.63, 3.8) is 0 Å². The van der Waals surface area contributed by atoms with E-state index < -0.39 is 0 Å². The lowest BCUT2D eigenvalue weighted by Gasteiger charge is -2.09. The highest BCUT2D eigenvalue weighted by Gasteiger charge is 2.12. The molecule has 1 heterocycles. The fraction of sp³-hybridized carbons (Fsp3) is 0.250. The maximum Gasteiger partial charge on any atom is 0.248 e. The van der Waals surface area contributed by atoms with E-state index in [2.05, 4.69) is 18.3 Å². The van der Waals surface area contributed by atoms with E-state index >= 15 is 0 Å². The minimum atomic E-state index is -0.142. The summed E-state index contributed by atoms with van der Waals surface area (Å²) < 4.78 is 10.6. The fourth-order valence-corrected chi connectivity index (χ4v) is 2.59. The second-order valence-corrected chi connectivity index (χ2v) is 5.70. The van der Waals surface area contributed by atoms with Crippen molar-refractivity contribution in [1.82, 2.24) is 0 Å². The van der Waals surface area contributed by atoms with Gasteiger partial charge in [0.2, 0.25) is 12.7 Å². The molecule has 1 aliphatic heterocycles. The summed E-state index contributed by atoms with van der Waals surface area (Å²) in [5.74, 6) is 1.31. The van der Waals surface area contributed by atoms with Gasteiger partial charge in [-0.25, -0.2) is 0 Å². The summed E-state index contributed by atoms with van der Waals surface area (Å²) >= 11 is 0. The number of anilines is 1. The van der Waals surface area contributed by atoms with Crippen molar-refractivity contribution < 1.29 is 14.3 Å². The number of hydrogen-bond donors (Lipinski definition) is 1. The quantitative estimate of drug-likeness (QED) is 0.801. The molecule has 0 aromatic heterocycles. The highest BCUT2D eigenvalue weighted by atomic mass is 16.7. The Balaban J connectivity index is 1.65. The molecule has 0 bridgehead atoms. The van der Waals surface area contributed by atoms with Gasteiger partial charge in [0.05, 0.1) is 0 Å². The van der Waals surface area contributed by atoms with Gasteiger partial charge in [-0.3, -0.25) is 4.79 Å². The van der Waals surface area contributed by atoms with Crippen molar-refractivity contribution in [2.45, 2.75) is 26.2 Å². The summed E-state index contributed by atoms with van der Waals surface area (Å²) in [5, 5.41) is 2.96. The Kier molecular flexibility index (Phi) is 5.16. The number of aryl methyl sites for hydroxylation is 1. The van der Waals surface area contributed by atoms with Crippen LogP contribution in [-0.4, -0.2) is 12.7 Å². The van der Waals surface area contributed by atoms with Gasteiger partial charge >= 0.3 is 0 Å². The van der Waals surface area contributed by atoms with E-state index in [1.807, 2.05) is 36.4 Å². The summed E-state index contributed by atoms with van der Waals surface area (Å²) in [6.07, 6.45) is 6.52. The average molecular weight is 323 g/mol. The van der Waals surface area contributed by atoms with Crippen molar-refractivity contribution in [3.05, 3.63) is 59.7 Å². The molecule has 124 valence electrons. The summed E-state index contributed by atoms with van der Waals surface area (Å²) in [5.41, 5.74) is 2.95. The molecular formula is C20H21NO3. The zero-order chi connectivity index (χ0) is 16.8. The molecule has 0 radical (unpaired) electrons. The lowest BCUT2D eigenvalue weighted by molar-refractivity contribution is -0.111. The number of unbranched alkanes of at least 4 members (excludes halogenated alkanes) is 1. The molecule has 0 unspecified atom stereocenters. The van der Waals surface area contributed by atoms with Gasteiger partial charge < -0.3 is 14.8 Å². The van der Waals surface area contributed by atoms with Gasteiger partial charge in [-0.05, 0) is 48.2 Å². The minimum Gasteiger partial charge on any atom is -0.454 e. The molecule has 0 saturated heterocycles. The van der Waals surface area contributed by atoms with Crippen molar-refractivity contribution in [3.8, 4) is 11.5 Å². The topological polar surface area (TPSA) is 47.6 Å². The summed E-state index contributed by atoms with van der Waals surface area (Å²) in [6.45, 7) is 2.41. The van der Waals surface area contributed by atoms with Crippen LogP contribution in [0.25, 0.3) is 6.08 Å². The first kappa shape index (κ1) is 16.1. The van der Waals surface area contributed by atoms with Crippen LogP contribution in [0.1, 0.15) is 30.9 Å². The second-order valence-electron chi connectivity index (χ2n) is 5.70. The van der Waals surface area contributed by atoms with Crippen molar-refractivity contribution >= 4 is 17.7 Å². The molecule has 0 aliphatic carbocycles. The largest absolute Gasteiger partial charge is 0.454 e. The van der Waals surface area contributed by atoms with E-state index in [0.29, 0.717) is 5.75 Å². The molecular weight excluding hydrogens is 302 g/mol. The van der Waals surface area contributed by atoms with E-state index in [9.17, 15) is 4.79 Å². The molecule has 4 nitrogen and oxygen atoms in total. The summed E-state index contributed by atoms with van der Waals surface area (Å²) in [6, 6.07) is 13.5. The molecule has 0 saturated carbocycles. The summed E-state index contributed by atoms with van der Waals surface area (Å²) in [4.78, 5) is 12.2. The number of amides is 1. The molecule has 1 amide bonds. The fourth-order valence-electron chi connectivity index (χ4n) is 2.59. The number of fused-ring (bicyclic) bond motifs is 1. The van der Waals surface area contributed by atoms with Gasteiger partial charge in [-0.1, -0.05) is 37.6 Å². The summed E-state index contributed by atoms with van der Waals surface area (Å²) in [7, 11) is 0. The number of ether oxygens (including phenoxy) is 2. The molecule has 3 rings (SSSR count). The Labute approximate surface area is 142 Å². The number of carbonyl (C=O) groups is 1. The zero-order valence-electron chi connectivity index (χ0n) is 13.7. The first-order valence-corrected chi connectivity index (χ1v) is 8.23. The standard InChI is InChI=1S/C20H21NO3/c1-2-3-6-16-7-4-5-8-17(16)21-20(22)12-10-15-9-11-18-19(13-15)24-14-23-18/h4-5,7-13H,2-3,6,14H2,1H3,(H,21,22)/b12-10+. The number of benzene rings is 2. The predicted molar refractivity (Wildman–Crippen MR) is 95.3 cm³/mol. The average Bonchev–Trinajstić information content (AvgIpc) is 3.07. The third kappa shape index (κ3) is 3.96. The van der Waals surface area contributed by atoms with Gasteiger partial charge in [-0.15, -0.1) is 0 Å². The van der Waals surface area contributed by atoms with Gasteiger partial charge in [0.15, 0.2) is 11.5 Å². The maximum atomic E-state index is 12.2. The molecule has 1 aliphatic rings. The SMILES string of the molecule is CCCCc1ccccc1NC(=O)/C=C/c1ccc2c(c1)OCO2. The number of carbonyl (C=O) groups excluding carboxylic acids is 1. The molecule has 24 heavy (non-hydrogen) atoms. The Bertz CT molecular complexity index is 752.